The number of aromatic carboxylic acids is 1. The van der Waals surface area contributed by atoms with Crippen molar-refractivity contribution in [1.82, 2.24) is 4.98 Å². The molecule has 2 rings (SSSR count). The zero-order valence-corrected chi connectivity index (χ0v) is 10.6. The van der Waals surface area contributed by atoms with Gasteiger partial charge in [-0.3, -0.25) is 0 Å². The highest BCUT2D eigenvalue weighted by atomic mass is 16.5. The van der Waals surface area contributed by atoms with E-state index in [1.165, 1.54) is 19.2 Å². The minimum Gasteiger partial charge on any atom is -0.497 e. The topological polar surface area (TPSA) is 85.7 Å². The largest absolute Gasteiger partial charge is 0.497 e. The maximum atomic E-state index is 11.8. The number of ether oxygens (including phenoxy) is 2. The van der Waals surface area contributed by atoms with Crippen LogP contribution in [-0.2, 0) is 0 Å². The third-order valence-electron chi connectivity index (χ3n) is 2.49. The maximum absolute atomic E-state index is 11.8. The summed E-state index contributed by atoms with van der Waals surface area (Å²) in [6.07, 6.45) is 1.16. The lowest BCUT2D eigenvalue weighted by Gasteiger charge is -2.05. The number of aromatic nitrogens is 1. The molecule has 1 aromatic carbocycles. The van der Waals surface area contributed by atoms with Crippen LogP contribution in [0.25, 0.3) is 0 Å². The first-order valence-corrected chi connectivity index (χ1v) is 5.66. The Kier molecular flexibility index (Phi) is 3.95. The molecule has 102 valence electrons. The van der Waals surface area contributed by atoms with Crippen molar-refractivity contribution >= 4 is 11.9 Å². The van der Waals surface area contributed by atoms with Crippen LogP contribution in [0.15, 0.2) is 42.6 Å². The number of nitrogens with zero attached hydrogens (tertiary/aromatic N) is 1. The fourth-order valence-electron chi connectivity index (χ4n) is 1.45. The Morgan fingerprint density at radius 2 is 1.70 bits per heavy atom. The summed E-state index contributed by atoms with van der Waals surface area (Å²) in [5.41, 5.74) is 0.0387. The van der Waals surface area contributed by atoms with Crippen LogP contribution in [0.5, 0.6) is 11.5 Å². The van der Waals surface area contributed by atoms with Crippen molar-refractivity contribution in [3.8, 4) is 11.5 Å². The first kappa shape index (κ1) is 13.5. The SMILES string of the molecule is COc1ccc(OC(=O)c2ccc(C(=O)O)nc2)cc1. The van der Waals surface area contributed by atoms with E-state index in [1.54, 1.807) is 24.3 Å². The molecule has 1 heterocycles. The molecule has 0 atom stereocenters. The second kappa shape index (κ2) is 5.83. The van der Waals surface area contributed by atoms with Crippen LogP contribution >= 0.6 is 0 Å². The molecule has 0 amide bonds. The molecule has 0 saturated carbocycles. The molecule has 1 aromatic heterocycles. The summed E-state index contributed by atoms with van der Waals surface area (Å²) in [4.78, 5) is 26.1. The molecule has 0 fully saturated rings. The van der Waals surface area contributed by atoms with Gasteiger partial charge in [-0.2, -0.15) is 0 Å². The number of benzene rings is 1. The lowest BCUT2D eigenvalue weighted by atomic mass is 10.2. The first-order valence-electron chi connectivity index (χ1n) is 5.66. The average molecular weight is 273 g/mol. The van der Waals surface area contributed by atoms with Crippen LogP contribution in [0, 0.1) is 0 Å². The number of pyridine rings is 1. The summed E-state index contributed by atoms with van der Waals surface area (Å²) < 4.78 is 10.1. The number of carboxylic acids is 1. The van der Waals surface area contributed by atoms with Gasteiger partial charge in [0.15, 0.2) is 0 Å². The minimum atomic E-state index is -1.15. The lowest BCUT2D eigenvalue weighted by molar-refractivity contribution is 0.0685. The molecule has 0 aliphatic heterocycles. The van der Waals surface area contributed by atoms with Crippen molar-refractivity contribution < 1.29 is 24.2 Å². The molecule has 0 unspecified atom stereocenters. The number of hydrogen-bond acceptors (Lipinski definition) is 5. The van der Waals surface area contributed by atoms with Gasteiger partial charge in [0, 0.05) is 6.20 Å². The second-order valence-electron chi connectivity index (χ2n) is 3.80. The molecule has 0 spiro atoms. The van der Waals surface area contributed by atoms with Crippen LogP contribution in [0.2, 0.25) is 0 Å². The van der Waals surface area contributed by atoms with E-state index in [4.69, 9.17) is 14.6 Å². The Bertz CT molecular complexity index is 619. The summed E-state index contributed by atoms with van der Waals surface area (Å²) in [5, 5.41) is 8.71. The van der Waals surface area contributed by atoms with Crippen molar-refractivity contribution in [3.05, 3.63) is 53.9 Å². The van der Waals surface area contributed by atoms with E-state index < -0.39 is 11.9 Å². The van der Waals surface area contributed by atoms with Gasteiger partial charge in [0.1, 0.15) is 17.2 Å². The van der Waals surface area contributed by atoms with Gasteiger partial charge in [-0.1, -0.05) is 0 Å². The molecule has 2 aromatic rings. The molecule has 0 aliphatic carbocycles. The highest BCUT2D eigenvalue weighted by Crippen LogP contribution is 2.18. The molecule has 6 heteroatoms. The van der Waals surface area contributed by atoms with Gasteiger partial charge >= 0.3 is 11.9 Å². The number of carbonyl (C=O) groups is 2. The zero-order chi connectivity index (χ0) is 14.5. The van der Waals surface area contributed by atoms with E-state index in [0.717, 1.165) is 6.20 Å². The molecule has 1 N–H and O–H groups in total. The Morgan fingerprint density at radius 3 is 2.20 bits per heavy atom. The number of methoxy groups -OCH3 is 1. The van der Waals surface area contributed by atoms with Gasteiger partial charge in [-0.15, -0.1) is 0 Å². The quantitative estimate of drug-likeness (QED) is 0.677. The standard InChI is InChI=1S/C14H11NO5/c1-19-10-3-5-11(6-4-10)20-14(18)9-2-7-12(13(16)17)15-8-9/h2-8H,1H3,(H,16,17). The number of carbonyl (C=O) groups excluding carboxylic acids is 1. The maximum Gasteiger partial charge on any atom is 0.354 e. The van der Waals surface area contributed by atoms with Gasteiger partial charge in [0.05, 0.1) is 12.7 Å². The summed E-state index contributed by atoms with van der Waals surface area (Å²) >= 11 is 0. The fraction of sp³-hybridized carbons (Fsp3) is 0.0714. The second-order valence-corrected chi connectivity index (χ2v) is 3.80. The number of hydrogen-bond donors (Lipinski definition) is 1. The monoisotopic (exact) mass is 273 g/mol. The van der Waals surface area contributed by atoms with Crippen LogP contribution < -0.4 is 9.47 Å². The fourth-order valence-corrected chi connectivity index (χ4v) is 1.45. The predicted octanol–water partition coefficient (Wildman–Crippen LogP) is 2.01. The number of rotatable bonds is 4. The van der Waals surface area contributed by atoms with Crippen LogP contribution in [0.1, 0.15) is 20.8 Å². The molecule has 0 radical (unpaired) electrons. The van der Waals surface area contributed by atoms with Crippen molar-refractivity contribution in [3.63, 3.8) is 0 Å². The molecular formula is C14H11NO5. The molecule has 6 nitrogen and oxygen atoms in total. The molecule has 0 aliphatic rings. The Morgan fingerprint density at radius 1 is 1.05 bits per heavy atom. The highest BCUT2D eigenvalue weighted by Gasteiger charge is 2.11. The number of carboxylic acid groups (broad SMARTS) is 1. The minimum absolute atomic E-state index is 0.133. The average Bonchev–Trinajstić information content (AvgIpc) is 2.48. The predicted molar refractivity (Wildman–Crippen MR) is 69.1 cm³/mol. The van der Waals surface area contributed by atoms with E-state index in [1.807, 2.05) is 0 Å². The smallest absolute Gasteiger partial charge is 0.354 e. The summed E-state index contributed by atoms with van der Waals surface area (Å²) in [7, 11) is 1.54. The van der Waals surface area contributed by atoms with Gasteiger partial charge in [-0.05, 0) is 36.4 Å². The van der Waals surface area contributed by atoms with Crippen LogP contribution in [0.4, 0.5) is 0 Å². The summed E-state index contributed by atoms with van der Waals surface area (Å²) in [6, 6.07) is 9.10. The molecule has 20 heavy (non-hydrogen) atoms. The van der Waals surface area contributed by atoms with E-state index in [2.05, 4.69) is 4.98 Å². The Hall–Kier alpha value is -2.89. The van der Waals surface area contributed by atoms with Gasteiger partial charge < -0.3 is 14.6 Å². The summed E-state index contributed by atoms with van der Waals surface area (Å²) in [6.45, 7) is 0. The zero-order valence-electron chi connectivity index (χ0n) is 10.6. The van der Waals surface area contributed by atoms with E-state index >= 15 is 0 Å². The van der Waals surface area contributed by atoms with Gasteiger partial charge in [0.25, 0.3) is 0 Å². The van der Waals surface area contributed by atoms with E-state index in [0.29, 0.717) is 11.5 Å². The third-order valence-corrected chi connectivity index (χ3v) is 2.49. The molecular weight excluding hydrogens is 262 g/mol. The first-order chi connectivity index (χ1) is 9.60. The van der Waals surface area contributed by atoms with Crippen molar-refractivity contribution in [2.45, 2.75) is 0 Å². The van der Waals surface area contributed by atoms with Crippen molar-refractivity contribution in [2.75, 3.05) is 7.11 Å². The van der Waals surface area contributed by atoms with Crippen molar-refractivity contribution in [1.29, 1.82) is 0 Å². The van der Waals surface area contributed by atoms with E-state index in [9.17, 15) is 9.59 Å². The third kappa shape index (κ3) is 3.11. The van der Waals surface area contributed by atoms with Gasteiger partial charge in [0.2, 0.25) is 0 Å². The number of esters is 1. The molecule has 0 bridgehead atoms. The van der Waals surface area contributed by atoms with Crippen LogP contribution in [0.3, 0.4) is 0 Å². The normalized spacial score (nSPS) is 9.85. The van der Waals surface area contributed by atoms with Crippen LogP contribution in [-0.4, -0.2) is 29.1 Å². The Labute approximate surface area is 114 Å². The highest BCUT2D eigenvalue weighted by molar-refractivity contribution is 5.92. The molecule has 0 saturated heterocycles. The van der Waals surface area contributed by atoms with Gasteiger partial charge in [-0.25, -0.2) is 14.6 Å². The van der Waals surface area contributed by atoms with E-state index in [-0.39, 0.29) is 11.3 Å². The lowest BCUT2D eigenvalue weighted by Crippen LogP contribution is -2.10. The summed E-state index contributed by atoms with van der Waals surface area (Å²) in [5.74, 6) is -0.755. The van der Waals surface area contributed by atoms with Crippen molar-refractivity contribution in [2.24, 2.45) is 0 Å². The Balaban J connectivity index is 2.08.